The molecule has 2 aliphatic rings. The first kappa shape index (κ1) is 16.2. The van der Waals surface area contributed by atoms with Crippen molar-refractivity contribution < 1.29 is 9.18 Å². The maximum absolute atomic E-state index is 14.4. The zero-order valence-electron chi connectivity index (χ0n) is 14.2. The number of benzene rings is 1. The number of nitrogens with one attached hydrogen (secondary N) is 1. The quantitative estimate of drug-likeness (QED) is 0.927. The highest BCUT2D eigenvalue weighted by Gasteiger charge is 2.39. The number of hydrogen-bond acceptors (Lipinski definition) is 3. The summed E-state index contributed by atoms with van der Waals surface area (Å²) in [6, 6.07) is 5.62. The third-order valence-corrected chi connectivity index (χ3v) is 5.20. The normalized spacial score (nSPS) is 24.8. The molecule has 5 heteroatoms. The van der Waals surface area contributed by atoms with Gasteiger partial charge in [-0.15, -0.1) is 0 Å². The number of hydrogen-bond donors (Lipinski definition) is 1. The van der Waals surface area contributed by atoms with Gasteiger partial charge in [0.25, 0.3) is 0 Å². The zero-order valence-corrected chi connectivity index (χ0v) is 14.2. The summed E-state index contributed by atoms with van der Waals surface area (Å²) >= 11 is 0. The molecular formula is C18H26FN3O. The van der Waals surface area contributed by atoms with Gasteiger partial charge >= 0.3 is 0 Å². The van der Waals surface area contributed by atoms with Crippen molar-refractivity contribution in [2.24, 2.45) is 11.8 Å². The van der Waals surface area contributed by atoms with Crippen LogP contribution in [0, 0.1) is 17.7 Å². The van der Waals surface area contributed by atoms with E-state index in [0.717, 1.165) is 32.4 Å². The summed E-state index contributed by atoms with van der Waals surface area (Å²) in [5, 5.41) is 2.82. The fourth-order valence-corrected chi connectivity index (χ4v) is 3.39. The summed E-state index contributed by atoms with van der Waals surface area (Å²) in [4.78, 5) is 16.3. The van der Waals surface area contributed by atoms with Gasteiger partial charge in [0.15, 0.2) is 0 Å². The van der Waals surface area contributed by atoms with Crippen LogP contribution in [0.3, 0.4) is 0 Å². The molecule has 0 unspecified atom stereocenters. The second-order valence-corrected chi connectivity index (χ2v) is 7.16. The van der Waals surface area contributed by atoms with E-state index < -0.39 is 0 Å². The van der Waals surface area contributed by atoms with Crippen molar-refractivity contribution in [1.82, 2.24) is 4.90 Å². The highest BCUT2D eigenvalue weighted by Crippen LogP contribution is 2.38. The van der Waals surface area contributed by atoms with Crippen molar-refractivity contribution >= 4 is 17.3 Å². The maximum Gasteiger partial charge on any atom is 0.227 e. The standard InChI is InChI=1S/C18H26FN3O/c1-12-10-15(12)18(23)20-13-4-5-17(16(19)11-13)22-8-6-14(7-9-22)21(2)3/h4-5,11-12,14-15H,6-10H2,1-3H3,(H,20,23)/t12-,15+/m1/s1. The molecule has 1 aliphatic carbocycles. The second kappa shape index (κ2) is 6.48. The Labute approximate surface area is 137 Å². The number of anilines is 2. The number of amides is 1. The van der Waals surface area contributed by atoms with E-state index in [-0.39, 0.29) is 17.6 Å². The molecule has 0 bridgehead atoms. The van der Waals surface area contributed by atoms with Gasteiger partial charge in [-0.3, -0.25) is 4.79 Å². The van der Waals surface area contributed by atoms with Crippen molar-refractivity contribution in [3.05, 3.63) is 24.0 Å². The van der Waals surface area contributed by atoms with Crippen LogP contribution in [-0.2, 0) is 4.79 Å². The third kappa shape index (κ3) is 3.66. The van der Waals surface area contributed by atoms with Crippen LogP contribution in [0.15, 0.2) is 18.2 Å². The molecule has 1 saturated heterocycles. The molecule has 0 radical (unpaired) electrons. The van der Waals surface area contributed by atoms with Crippen molar-refractivity contribution in [1.29, 1.82) is 0 Å². The van der Waals surface area contributed by atoms with Gasteiger partial charge in [-0.1, -0.05) is 6.92 Å². The number of carbonyl (C=O) groups is 1. The predicted molar refractivity (Wildman–Crippen MR) is 91.2 cm³/mol. The van der Waals surface area contributed by atoms with E-state index in [1.165, 1.54) is 6.07 Å². The van der Waals surface area contributed by atoms with Gasteiger partial charge in [0, 0.05) is 30.7 Å². The molecule has 2 fully saturated rings. The molecule has 0 aromatic heterocycles. The first-order valence-electron chi connectivity index (χ1n) is 8.47. The number of halogens is 1. The Hall–Kier alpha value is -1.62. The van der Waals surface area contributed by atoms with Gasteiger partial charge in [0.1, 0.15) is 5.82 Å². The molecule has 2 atom stereocenters. The van der Waals surface area contributed by atoms with Crippen LogP contribution in [0.4, 0.5) is 15.8 Å². The lowest BCUT2D eigenvalue weighted by Crippen LogP contribution is -2.42. The highest BCUT2D eigenvalue weighted by atomic mass is 19.1. The molecular weight excluding hydrogens is 293 g/mol. The number of nitrogens with zero attached hydrogens (tertiary/aromatic N) is 2. The largest absolute Gasteiger partial charge is 0.369 e. The lowest BCUT2D eigenvalue weighted by atomic mass is 10.0. The predicted octanol–water partition coefficient (Wildman–Crippen LogP) is 2.95. The minimum atomic E-state index is -0.255. The Morgan fingerprint density at radius 3 is 2.48 bits per heavy atom. The van der Waals surface area contributed by atoms with E-state index in [1.54, 1.807) is 12.1 Å². The van der Waals surface area contributed by atoms with Gasteiger partial charge in [-0.25, -0.2) is 4.39 Å². The minimum absolute atomic E-state index is 0.0106. The van der Waals surface area contributed by atoms with Crippen LogP contribution in [0.5, 0.6) is 0 Å². The SMILES string of the molecule is C[C@@H]1C[C@@H]1C(=O)Nc1ccc(N2CCC(N(C)C)CC2)c(F)c1. The smallest absolute Gasteiger partial charge is 0.227 e. The summed E-state index contributed by atoms with van der Waals surface area (Å²) in [5.41, 5.74) is 1.19. The molecule has 126 valence electrons. The van der Waals surface area contributed by atoms with Gasteiger partial charge in [-0.05, 0) is 57.5 Å². The molecule has 1 amide bonds. The second-order valence-electron chi connectivity index (χ2n) is 7.16. The lowest BCUT2D eigenvalue weighted by molar-refractivity contribution is -0.117. The number of rotatable bonds is 4. The number of carbonyl (C=O) groups excluding carboxylic acids is 1. The maximum atomic E-state index is 14.4. The van der Waals surface area contributed by atoms with E-state index in [4.69, 9.17) is 0 Å². The zero-order chi connectivity index (χ0) is 16.6. The molecule has 0 spiro atoms. The van der Waals surface area contributed by atoms with Crippen LogP contribution in [0.25, 0.3) is 0 Å². The molecule has 1 heterocycles. The van der Waals surface area contributed by atoms with Crippen LogP contribution >= 0.6 is 0 Å². The van der Waals surface area contributed by atoms with E-state index in [1.807, 2.05) is 0 Å². The van der Waals surface area contributed by atoms with Crippen molar-refractivity contribution in [3.63, 3.8) is 0 Å². The van der Waals surface area contributed by atoms with Gasteiger partial charge < -0.3 is 15.1 Å². The summed E-state index contributed by atoms with van der Waals surface area (Å²) in [6.07, 6.45) is 3.03. The summed E-state index contributed by atoms with van der Waals surface area (Å²) in [5.74, 6) is 0.311. The molecule has 3 rings (SSSR count). The van der Waals surface area contributed by atoms with Gasteiger partial charge in [0.05, 0.1) is 5.69 Å². The minimum Gasteiger partial charge on any atom is -0.369 e. The number of piperidine rings is 1. The van der Waals surface area contributed by atoms with Gasteiger partial charge in [0.2, 0.25) is 5.91 Å². The third-order valence-electron chi connectivity index (χ3n) is 5.20. The van der Waals surface area contributed by atoms with Crippen LogP contribution < -0.4 is 10.2 Å². The molecule has 1 N–H and O–H groups in total. The molecule has 4 nitrogen and oxygen atoms in total. The Morgan fingerprint density at radius 2 is 1.96 bits per heavy atom. The summed E-state index contributed by atoms with van der Waals surface area (Å²) in [6.45, 7) is 3.79. The van der Waals surface area contributed by atoms with Crippen molar-refractivity contribution in [2.45, 2.75) is 32.2 Å². The van der Waals surface area contributed by atoms with Gasteiger partial charge in [-0.2, -0.15) is 0 Å². The van der Waals surface area contributed by atoms with E-state index in [0.29, 0.717) is 23.3 Å². The fourth-order valence-electron chi connectivity index (χ4n) is 3.39. The summed E-state index contributed by atoms with van der Waals surface area (Å²) in [7, 11) is 4.19. The Morgan fingerprint density at radius 1 is 1.30 bits per heavy atom. The lowest BCUT2D eigenvalue weighted by Gasteiger charge is -2.36. The highest BCUT2D eigenvalue weighted by molar-refractivity contribution is 5.94. The topological polar surface area (TPSA) is 35.6 Å². The average molecular weight is 319 g/mol. The molecule has 1 aromatic rings. The monoisotopic (exact) mass is 319 g/mol. The Balaban J connectivity index is 1.62. The molecule has 1 aromatic carbocycles. The van der Waals surface area contributed by atoms with Crippen LogP contribution in [0.1, 0.15) is 26.2 Å². The van der Waals surface area contributed by atoms with E-state index in [2.05, 4.69) is 36.1 Å². The molecule has 1 saturated carbocycles. The first-order chi connectivity index (χ1) is 11.0. The van der Waals surface area contributed by atoms with Crippen LogP contribution in [-0.4, -0.2) is 44.0 Å². The fraction of sp³-hybridized carbons (Fsp3) is 0.611. The first-order valence-corrected chi connectivity index (χ1v) is 8.47. The van der Waals surface area contributed by atoms with Crippen molar-refractivity contribution in [3.8, 4) is 0 Å². The van der Waals surface area contributed by atoms with E-state index >= 15 is 0 Å². The summed E-state index contributed by atoms with van der Waals surface area (Å²) < 4.78 is 14.4. The molecule has 23 heavy (non-hydrogen) atoms. The van der Waals surface area contributed by atoms with Crippen molar-refractivity contribution in [2.75, 3.05) is 37.4 Å². The Bertz CT molecular complexity index is 582. The average Bonchev–Trinajstić information content (AvgIpc) is 3.25. The van der Waals surface area contributed by atoms with Crippen LogP contribution in [0.2, 0.25) is 0 Å². The Kier molecular flexibility index (Phi) is 4.57. The molecule has 1 aliphatic heterocycles. The van der Waals surface area contributed by atoms with E-state index in [9.17, 15) is 9.18 Å².